The van der Waals surface area contributed by atoms with Crippen molar-refractivity contribution in [3.8, 4) is 0 Å². The second-order valence-electron chi connectivity index (χ2n) is 11.8. The maximum absolute atomic E-state index is 14.0. The fourth-order valence-electron chi connectivity index (χ4n) is 6.69. The number of nitrogens with zero attached hydrogens (tertiary/aromatic N) is 2. The number of carbonyl (C=O) groups excluding carboxylic acids is 1. The van der Waals surface area contributed by atoms with Crippen LogP contribution in [0.25, 0.3) is 0 Å². The molecule has 10 heteroatoms. The lowest BCUT2D eigenvalue weighted by Gasteiger charge is -2.38. The first-order valence-electron chi connectivity index (χ1n) is 13.6. The number of anilines is 2. The molecular formula is C28H35N3O5S2. The molecule has 1 saturated heterocycles. The van der Waals surface area contributed by atoms with E-state index in [0.717, 1.165) is 62.5 Å². The van der Waals surface area contributed by atoms with E-state index in [4.69, 9.17) is 0 Å². The molecule has 2 aromatic rings. The van der Waals surface area contributed by atoms with Crippen LogP contribution in [0.4, 0.5) is 11.4 Å². The summed E-state index contributed by atoms with van der Waals surface area (Å²) < 4.78 is 54.5. The molecule has 204 valence electrons. The molecule has 1 amide bonds. The van der Waals surface area contributed by atoms with Gasteiger partial charge >= 0.3 is 0 Å². The molecule has 38 heavy (non-hydrogen) atoms. The van der Waals surface area contributed by atoms with Crippen molar-refractivity contribution < 1.29 is 21.6 Å². The Morgan fingerprint density at radius 3 is 2.21 bits per heavy atom. The highest BCUT2D eigenvalue weighted by molar-refractivity contribution is 7.92. The molecule has 2 aliphatic carbocycles. The molecule has 0 atom stereocenters. The number of sulfonamides is 2. The molecule has 2 saturated carbocycles. The summed E-state index contributed by atoms with van der Waals surface area (Å²) >= 11 is 0. The fourth-order valence-corrected chi connectivity index (χ4v) is 8.81. The largest absolute Gasteiger partial charge is 0.307 e. The van der Waals surface area contributed by atoms with Crippen molar-refractivity contribution >= 4 is 37.3 Å². The van der Waals surface area contributed by atoms with Crippen LogP contribution in [0.2, 0.25) is 0 Å². The first kappa shape index (κ1) is 25.8. The summed E-state index contributed by atoms with van der Waals surface area (Å²) in [4.78, 5) is 15.9. The highest BCUT2D eigenvalue weighted by Crippen LogP contribution is 2.62. The second kappa shape index (κ2) is 9.06. The molecule has 8 nitrogen and oxygen atoms in total. The summed E-state index contributed by atoms with van der Waals surface area (Å²) in [5.74, 6) is -0.227. The lowest BCUT2D eigenvalue weighted by Crippen LogP contribution is -2.40. The first-order valence-corrected chi connectivity index (χ1v) is 16.9. The standard InChI is InChI=1S/C28H35N3O5S2/c1-37(33,34)29-22-8-9-25-24(19-22)28(14-12-27(10-11-27)13-15-28)20-31(25)26(32)21-6-5-7-23(18-21)38(35,36)30-16-3-2-4-17-30/h5-9,18-19,29H,2-4,10-17,20H2,1H3. The first-order chi connectivity index (χ1) is 18.0. The molecule has 0 aromatic heterocycles. The molecule has 3 fully saturated rings. The van der Waals surface area contributed by atoms with Crippen LogP contribution in [0.1, 0.15) is 73.7 Å². The molecule has 6 rings (SSSR count). The van der Waals surface area contributed by atoms with E-state index in [2.05, 4.69) is 4.72 Å². The van der Waals surface area contributed by atoms with Gasteiger partial charge in [-0.1, -0.05) is 12.5 Å². The normalized spacial score (nSPS) is 22.4. The van der Waals surface area contributed by atoms with Gasteiger partial charge in [0.05, 0.1) is 11.2 Å². The van der Waals surface area contributed by atoms with Gasteiger partial charge in [-0.05, 0) is 98.7 Å². The van der Waals surface area contributed by atoms with E-state index in [1.807, 2.05) is 12.1 Å². The lowest BCUT2D eigenvalue weighted by molar-refractivity contribution is 0.0980. The second-order valence-corrected chi connectivity index (χ2v) is 15.5. The number of piperidine rings is 1. The maximum Gasteiger partial charge on any atom is 0.258 e. The average Bonchev–Trinajstić information content (AvgIpc) is 3.60. The Bertz CT molecular complexity index is 1480. The molecule has 0 radical (unpaired) electrons. The van der Waals surface area contributed by atoms with Gasteiger partial charge in [-0.3, -0.25) is 9.52 Å². The lowest BCUT2D eigenvalue weighted by atomic mass is 9.66. The zero-order valence-corrected chi connectivity index (χ0v) is 23.4. The quantitative estimate of drug-likeness (QED) is 0.584. The van der Waals surface area contributed by atoms with Crippen LogP contribution in [0.15, 0.2) is 47.4 Å². The summed E-state index contributed by atoms with van der Waals surface area (Å²) in [6.07, 6.45) is 10.5. The predicted octanol–water partition coefficient (Wildman–Crippen LogP) is 4.49. The molecule has 2 aliphatic heterocycles. The maximum atomic E-state index is 14.0. The highest BCUT2D eigenvalue weighted by Gasteiger charge is 2.53. The van der Waals surface area contributed by atoms with Crippen LogP contribution >= 0.6 is 0 Å². The zero-order chi connectivity index (χ0) is 26.8. The minimum atomic E-state index is -3.66. The van der Waals surface area contributed by atoms with Crippen molar-refractivity contribution in [3.63, 3.8) is 0 Å². The highest BCUT2D eigenvalue weighted by atomic mass is 32.2. The average molecular weight is 558 g/mol. The van der Waals surface area contributed by atoms with E-state index < -0.39 is 20.0 Å². The predicted molar refractivity (Wildman–Crippen MR) is 147 cm³/mol. The Morgan fingerprint density at radius 1 is 0.868 bits per heavy atom. The summed E-state index contributed by atoms with van der Waals surface area (Å²) in [5, 5.41) is 0. The van der Waals surface area contributed by atoms with Gasteiger partial charge in [0, 0.05) is 42.0 Å². The summed E-state index contributed by atoms with van der Waals surface area (Å²) in [5.41, 5.74) is 2.87. The summed E-state index contributed by atoms with van der Waals surface area (Å²) in [6, 6.07) is 11.8. The number of amides is 1. The van der Waals surface area contributed by atoms with Crippen molar-refractivity contribution in [2.24, 2.45) is 5.41 Å². The number of benzene rings is 2. The summed E-state index contributed by atoms with van der Waals surface area (Å²) in [6.45, 7) is 1.53. The Hall–Kier alpha value is -2.43. The molecule has 4 aliphatic rings. The molecule has 0 bridgehead atoms. The Balaban J connectivity index is 1.34. The smallest absolute Gasteiger partial charge is 0.258 e. The van der Waals surface area contributed by atoms with Crippen molar-refractivity contribution in [3.05, 3.63) is 53.6 Å². The van der Waals surface area contributed by atoms with E-state index in [-0.39, 0.29) is 16.2 Å². The minimum absolute atomic E-state index is 0.153. The van der Waals surface area contributed by atoms with Crippen molar-refractivity contribution in [1.82, 2.24) is 4.31 Å². The van der Waals surface area contributed by atoms with E-state index >= 15 is 0 Å². The van der Waals surface area contributed by atoms with Crippen LogP contribution in [0.5, 0.6) is 0 Å². The van der Waals surface area contributed by atoms with E-state index in [9.17, 15) is 21.6 Å². The van der Waals surface area contributed by atoms with Crippen molar-refractivity contribution in [2.45, 2.75) is 68.1 Å². The zero-order valence-electron chi connectivity index (χ0n) is 21.8. The Labute approximate surface area is 225 Å². The van der Waals surface area contributed by atoms with Crippen LogP contribution in [-0.2, 0) is 25.5 Å². The monoisotopic (exact) mass is 557 g/mol. The number of hydrogen-bond acceptors (Lipinski definition) is 5. The number of fused-ring (bicyclic) bond motifs is 2. The van der Waals surface area contributed by atoms with Crippen LogP contribution < -0.4 is 9.62 Å². The van der Waals surface area contributed by atoms with Crippen LogP contribution in [0, 0.1) is 5.41 Å². The topological polar surface area (TPSA) is 104 Å². The Kier molecular flexibility index (Phi) is 6.16. The molecule has 0 unspecified atom stereocenters. The fraction of sp³-hybridized carbons (Fsp3) is 0.536. The minimum Gasteiger partial charge on any atom is -0.307 e. The van der Waals surface area contributed by atoms with Gasteiger partial charge in [0.15, 0.2) is 0 Å². The molecule has 2 heterocycles. The van der Waals surface area contributed by atoms with Crippen molar-refractivity contribution in [2.75, 3.05) is 35.5 Å². The number of nitrogens with one attached hydrogen (secondary N) is 1. The van der Waals surface area contributed by atoms with Crippen LogP contribution in [-0.4, -0.2) is 52.9 Å². The van der Waals surface area contributed by atoms with Gasteiger partial charge in [-0.25, -0.2) is 16.8 Å². The van der Waals surface area contributed by atoms with E-state index in [1.165, 1.54) is 23.2 Å². The SMILES string of the molecule is CS(=O)(=O)Nc1ccc2c(c1)C1(CCC3(CC3)CC1)CN2C(=O)c1cccc(S(=O)(=O)N2CCCCC2)c1. The molecule has 2 aromatic carbocycles. The third kappa shape index (κ3) is 4.64. The molecule has 2 spiro atoms. The number of hydrogen-bond donors (Lipinski definition) is 1. The van der Waals surface area contributed by atoms with Gasteiger partial charge in [-0.2, -0.15) is 4.31 Å². The van der Waals surface area contributed by atoms with Gasteiger partial charge in [0.25, 0.3) is 5.91 Å². The van der Waals surface area contributed by atoms with E-state index in [0.29, 0.717) is 36.3 Å². The van der Waals surface area contributed by atoms with Crippen molar-refractivity contribution in [1.29, 1.82) is 0 Å². The third-order valence-electron chi connectivity index (χ3n) is 9.13. The molecule has 1 N–H and O–H groups in total. The number of rotatable bonds is 5. The van der Waals surface area contributed by atoms with Gasteiger partial charge in [-0.15, -0.1) is 0 Å². The molecular weight excluding hydrogens is 522 g/mol. The van der Waals surface area contributed by atoms with Gasteiger partial charge < -0.3 is 4.90 Å². The Morgan fingerprint density at radius 2 is 1.55 bits per heavy atom. The van der Waals surface area contributed by atoms with E-state index in [1.54, 1.807) is 29.2 Å². The third-order valence-corrected chi connectivity index (χ3v) is 11.6. The van der Waals surface area contributed by atoms with Crippen LogP contribution in [0.3, 0.4) is 0 Å². The number of carbonyl (C=O) groups is 1. The van der Waals surface area contributed by atoms with Gasteiger partial charge in [0.1, 0.15) is 0 Å². The summed E-state index contributed by atoms with van der Waals surface area (Å²) in [7, 11) is -7.10. The van der Waals surface area contributed by atoms with Gasteiger partial charge in [0.2, 0.25) is 20.0 Å².